The van der Waals surface area contributed by atoms with E-state index >= 15 is 0 Å². The van der Waals surface area contributed by atoms with Gasteiger partial charge in [0.25, 0.3) is 0 Å². The molecule has 0 aliphatic carbocycles. The predicted molar refractivity (Wildman–Crippen MR) is 97.7 cm³/mol. The van der Waals surface area contributed by atoms with E-state index in [4.69, 9.17) is 0 Å². The van der Waals surface area contributed by atoms with Crippen molar-refractivity contribution in [3.05, 3.63) is 0 Å². The fourth-order valence-electron chi connectivity index (χ4n) is 3.23. The molecule has 6 heteroatoms. The first-order valence-electron chi connectivity index (χ1n) is 10.5. The molecule has 0 saturated heterocycles. The van der Waals surface area contributed by atoms with Gasteiger partial charge in [0.15, 0.2) is 0 Å². The third-order valence-electron chi connectivity index (χ3n) is 4.92. The van der Waals surface area contributed by atoms with Crippen LogP contribution in [0.4, 0.5) is 0 Å². The second kappa shape index (κ2) is 25.0. The van der Waals surface area contributed by atoms with Gasteiger partial charge in [-0.25, -0.2) is 0 Å². The number of rotatable bonds is 19. The molecule has 0 aromatic rings. The molecule has 0 aromatic carbocycles. The Morgan fingerprint density at radius 3 is 1.07 bits per heavy atom. The van der Waals surface area contributed by atoms with Crippen LogP contribution in [-0.4, -0.2) is 11.9 Å². The fraction of sp³-hybridized carbons (Fsp3) is 0.905. The molecular formula is C21H38Na2O4. The molecule has 0 heterocycles. The topological polar surface area (TPSA) is 80.3 Å². The van der Waals surface area contributed by atoms with E-state index in [0.717, 1.165) is 19.3 Å². The van der Waals surface area contributed by atoms with Gasteiger partial charge in [0.2, 0.25) is 0 Å². The number of hydrogen-bond donors (Lipinski definition) is 0. The molecule has 0 N–H and O–H groups in total. The van der Waals surface area contributed by atoms with Crippen LogP contribution in [0.2, 0.25) is 0 Å². The van der Waals surface area contributed by atoms with E-state index in [2.05, 4.69) is 6.92 Å². The third kappa shape index (κ3) is 23.1. The zero-order chi connectivity index (χ0) is 18.8. The molecule has 0 fully saturated rings. The Balaban J connectivity index is -0.00000288. The number of unbranched alkanes of at least 4 members (excludes halogenated alkanes) is 15. The van der Waals surface area contributed by atoms with Crippen molar-refractivity contribution in [2.24, 2.45) is 5.92 Å². The molecule has 0 amide bonds. The van der Waals surface area contributed by atoms with E-state index in [1.165, 1.54) is 77.0 Å². The quantitative estimate of drug-likeness (QED) is 0.140. The second-order valence-corrected chi connectivity index (χ2v) is 7.28. The van der Waals surface area contributed by atoms with Gasteiger partial charge in [-0.05, 0) is 6.42 Å². The van der Waals surface area contributed by atoms with Gasteiger partial charge in [-0.1, -0.05) is 110 Å². The van der Waals surface area contributed by atoms with Crippen molar-refractivity contribution in [1.29, 1.82) is 0 Å². The largest absolute Gasteiger partial charge is 1.00 e. The summed E-state index contributed by atoms with van der Waals surface area (Å²) in [5, 5.41) is 21.2. The van der Waals surface area contributed by atoms with Crippen molar-refractivity contribution in [1.82, 2.24) is 0 Å². The molecule has 148 valence electrons. The minimum Gasteiger partial charge on any atom is -0.549 e. The van der Waals surface area contributed by atoms with Crippen molar-refractivity contribution in [2.45, 2.75) is 116 Å². The second-order valence-electron chi connectivity index (χ2n) is 7.28. The van der Waals surface area contributed by atoms with Crippen molar-refractivity contribution in [3.63, 3.8) is 0 Å². The summed E-state index contributed by atoms with van der Waals surface area (Å²) in [7, 11) is 0. The van der Waals surface area contributed by atoms with Gasteiger partial charge in [-0.3, -0.25) is 0 Å². The molecule has 0 aromatic heterocycles. The molecule has 0 atom stereocenters. The van der Waals surface area contributed by atoms with Crippen LogP contribution in [0.3, 0.4) is 0 Å². The molecule has 0 radical (unpaired) electrons. The van der Waals surface area contributed by atoms with Crippen LogP contribution in [0.5, 0.6) is 0 Å². The van der Waals surface area contributed by atoms with Gasteiger partial charge < -0.3 is 19.8 Å². The standard InChI is InChI=1S/C21H40O4.2Na/c1-2-3-4-5-6-7-8-9-10-11-12-13-14-15-16-17-18-19(20(22)23)21(24)25;;/h19H,2-18H2,1H3,(H,22,23)(H,24,25);;/q;2*+1/p-2. The van der Waals surface area contributed by atoms with Gasteiger partial charge in [-0.2, -0.15) is 0 Å². The van der Waals surface area contributed by atoms with Gasteiger partial charge in [0.1, 0.15) is 0 Å². The summed E-state index contributed by atoms with van der Waals surface area (Å²) in [6, 6.07) is 0. The minimum atomic E-state index is -1.53. The molecule has 0 bridgehead atoms. The zero-order valence-electron chi connectivity index (χ0n) is 18.2. The van der Waals surface area contributed by atoms with Crippen LogP contribution in [0.25, 0.3) is 0 Å². The average molecular weight is 401 g/mol. The SMILES string of the molecule is CCCCCCCCCCCCCCCCCCC(C(=O)[O-])C(=O)[O-].[Na+].[Na+]. The van der Waals surface area contributed by atoms with Crippen LogP contribution >= 0.6 is 0 Å². The maximum absolute atomic E-state index is 10.6. The molecule has 4 nitrogen and oxygen atoms in total. The van der Waals surface area contributed by atoms with Crippen LogP contribution in [0.15, 0.2) is 0 Å². The van der Waals surface area contributed by atoms with Gasteiger partial charge in [-0.15, -0.1) is 0 Å². The van der Waals surface area contributed by atoms with E-state index in [9.17, 15) is 19.8 Å². The molecule has 27 heavy (non-hydrogen) atoms. The summed E-state index contributed by atoms with van der Waals surface area (Å²) in [5.74, 6) is -4.51. The first-order valence-corrected chi connectivity index (χ1v) is 10.5. The van der Waals surface area contributed by atoms with E-state index < -0.39 is 17.9 Å². The Bertz CT molecular complexity index is 324. The number of carbonyl (C=O) groups excluding carboxylic acids is 2. The smallest absolute Gasteiger partial charge is 0.549 e. The van der Waals surface area contributed by atoms with Crippen molar-refractivity contribution in [3.8, 4) is 0 Å². The molecule has 0 rings (SSSR count). The van der Waals surface area contributed by atoms with Crippen LogP contribution in [-0.2, 0) is 9.59 Å². The van der Waals surface area contributed by atoms with E-state index in [-0.39, 0.29) is 65.5 Å². The summed E-state index contributed by atoms with van der Waals surface area (Å²) < 4.78 is 0. The Kier molecular flexibility index (Phi) is 30.2. The zero-order valence-corrected chi connectivity index (χ0v) is 22.2. The molecule has 0 aliphatic rings. The maximum atomic E-state index is 10.6. The first-order chi connectivity index (χ1) is 12.1. The van der Waals surface area contributed by atoms with Crippen LogP contribution in [0, 0.1) is 5.92 Å². The summed E-state index contributed by atoms with van der Waals surface area (Å²) in [6.07, 6.45) is 20.0. The van der Waals surface area contributed by atoms with Crippen LogP contribution in [0.1, 0.15) is 116 Å². The summed E-state index contributed by atoms with van der Waals surface area (Å²) >= 11 is 0. The van der Waals surface area contributed by atoms with Crippen molar-refractivity contribution < 1.29 is 78.9 Å². The summed E-state index contributed by atoms with van der Waals surface area (Å²) in [5.41, 5.74) is 0. The number of carboxylic acids is 2. The summed E-state index contributed by atoms with van der Waals surface area (Å²) in [4.78, 5) is 21.2. The number of carbonyl (C=O) groups is 2. The Morgan fingerprint density at radius 1 is 0.556 bits per heavy atom. The normalized spacial score (nSPS) is 10.3. The predicted octanol–water partition coefficient (Wildman–Crippen LogP) is -2.24. The first kappa shape index (κ1) is 32.6. The van der Waals surface area contributed by atoms with Crippen LogP contribution < -0.4 is 69.3 Å². The average Bonchev–Trinajstić information content (AvgIpc) is 2.57. The van der Waals surface area contributed by atoms with E-state index in [1.54, 1.807) is 0 Å². The monoisotopic (exact) mass is 400 g/mol. The maximum Gasteiger partial charge on any atom is 1.00 e. The number of carboxylic acid groups (broad SMARTS) is 2. The third-order valence-corrected chi connectivity index (χ3v) is 4.92. The van der Waals surface area contributed by atoms with Gasteiger partial charge in [0.05, 0.1) is 11.9 Å². The van der Waals surface area contributed by atoms with Crippen molar-refractivity contribution in [2.75, 3.05) is 0 Å². The summed E-state index contributed by atoms with van der Waals surface area (Å²) in [6.45, 7) is 2.25. The minimum absolute atomic E-state index is 0. The molecule has 0 saturated carbocycles. The van der Waals surface area contributed by atoms with E-state index in [1.807, 2.05) is 0 Å². The van der Waals surface area contributed by atoms with E-state index in [0.29, 0.717) is 6.42 Å². The Hall–Kier alpha value is 0.940. The number of aliphatic carboxylic acids is 2. The molecule has 0 aliphatic heterocycles. The van der Waals surface area contributed by atoms with Crippen molar-refractivity contribution >= 4 is 11.9 Å². The Morgan fingerprint density at radius 2 is 0.815 bits per heavy atom. The number of hydrogen-bond acceptors (Lipinski definition) is 4. The molecule has 0 spiro atoms. The molecular weight excluding hydrogens is 362 g/mol. The fourth-order valence-corrected chi connectivity index (χ4v) is 3.23. The Labute approximate surface area is 211 Å². The van der Waals surface area contributed by atoms with Gasteiger partial charge >= 0.3 is 59.1 Å². The molecule has 0 unspecified atom stereocenters. The van der Waals surface area contributed by atoms with Gasteiger partial charge in [0, 0.05) is 5.92 Å².